The average Bonchev–Trinajstić information content (AvgIpc) is 3.19. The average molecular weight is 414 g/mol. The van der Waals surface area contributed by atoms with E-state index in [9.17, 15) is 4.79 Å². The minimum atomic E-state index is -0.259. The highest BCUT2D eigenvalue weighted by Gasteiger charge is 2.14. The molecule has 2 aromatic heterocycles. The lowest BCUT2D eigenvalue weighted by atomic mass is 10.1. The zero-order valence-corrected chi connectivity index (χ0v) is 16.8. The Morgan fingerprint density at radius 3 is 2.37 bits per heavy atom. The van der Waals surface area contributed by atoms with Crippen molar-refractivity contribution in [2.75, 3.05) is 5.32 Å². The van der Waals surface area contributed by atoms with Crippen molar-refractivity contribution in [1.82, 2.24) is 19.8 Å². The summed E-state index contributed by atoms with van der Waals surface area (Å²) in [7, 11) is 0. The van der Waals surface area contributed by atoms with Gasteiger partial charge in [-0.15, -0.1) is 10.2 Å². The van der Waals surface area contributed by atoms with Crippen molar-refractivity contribution in [2.24, 2.45) is 0 Å². The molecule has 0 saturated carbocycles. The van der Waals surface area contributed by atoms with Crippen molar-refractivity contribution in [3.63, 3.8) is 0 Å². The summed E-state index contributed by atoms with van der Waals surface area (Å²) in [6, 6.07) is 22.4. The van der Waals surface area contributed by atoms with Gasteiger partial charge in [-0.25, -0.2) is 0 Å². The number of hydrogen-bond acceptors (Lipinski definition) is 4. The van der Waals surface area contributed by atoms with Crippen LogP contribution in [0.3, 0.4) is 0 Å². The van der Waals surface area contributed by atoms with Gasteiger partial charge in [0.15, 0.2) is 11.5 Å². The Morgan fingerprint density at radius 1 is 0.900 bits per heavy atom. The summed E-state index contributed by atoms with van der Waals surface area (Å²) in [5.74, 6) is 0.382. The zero-order valence-electron chi connectivity index (χ0n) is 16.0. The van der Waals surface area contributed by atoms with E-state index in [1.807, 2.05) is 55.5 Å². The molecular weight excluding hydrogens is 398 g/mol. The maximum Gasteiger partial charge on any atom is 0.257 e. The molecule has 0 spiro atoms. The number of nitrogens with zero attached hydrogens (tertiary/aromatic N) is 4. The van der Waals surface area contributed by atoms with Gasteiger partial charge in [0.1, 0.15) is 0 Å². The number of carbonyl (C=O) groups is 1. The normalized spacial score (nSPS) is 11.1. The Morgan fingerprint density at radius 2 is 1.60 bits per heavy atom. The van der Waals surface area contributed by atoms with Crippen LogP contribution in [0.15, 0.2) is 72.8 Å². The second kappa shape index (κ2) is 7.24. The van der Waals surface area contributed by atoms with Crippen LogP contribution in [0.25, 0.3) is 27.8 Å². The number of aromatic nitrogens is 4. The van der Waals surface area contributed by atoms with E-state index in [2.05, 4.69) is 20.6 Å². The molecule has 1 N–H and O–H groups in total. The second-order valence-corrected chi connectivity index (χ2v) is 7.31. The van der Waals surface area contributed by atoms with Gasteiger partial charge in [0.25, 0.3) is 5.91 Å². The molecule has 5 aromatic rings. The van der Waals surface area contributed by atoms with E-state index in [1.54, 1.807) is 28.8 Å². The Hall–Kier alpha value is -3.77. The second-order valence-electron chi connectivity index (χ2n) is 6.90. The quantitative estimate of drug-likeness (QED) is 0.443. The van der Waals surface area contributed by atoms with Crippen LogP contribution in [0.2, 0.25) is 5.02 Å². The number of benzene rings is 3. The van der Waals surface area contributed by atoms with Crippen molar-refractivity contribution < 1.29 is 4.79 Å². The fraction of sp³-hybridized carbons (Fsp3) is 0.0435. The molecule has 5 rings (SSSR count). The zero-order chi connectivity index (χ0) is 20.7. The third-order valence-corrected chi connectivity index (χ3v) is 5.30. The number of halogens is 1. The van der Waals surface area contributed by atoms with E-state index in [0.29, 0.717) is 27.7 Å². The van der Waals surface area contributed by atoms with Gasteiger partial charge >= 0.3 is 0 Å². The highest BCUT2D eigenvalue weighted by atomic mass is 35.5. The van der Waals surface area contributed by atoms with Crippen molar-refractivity contribution in [3.05, 3.63) is 89.1 Å². The van der Waals surface area contributed by atoms with Gasteiger partial charge in [-0.05, 0) is 43.3 Å². The number of nitrogens with one attached hydrogen (secondary N) is 1. The summed E-state index contributed by atoms with van der Waals surface area (Å²) >= 11 is 6.10. The molecule has 0 aliphatic heterocycles. The van der Waals surface area contributed by atoms with Crippen LogP contribution in [0.4, 0.5) is 5.69 Å². The van der Waals surface area contributed by atoms with E-state index in [-0.39, 0.29) is 5.91 Å². The molecule has 2 heterocycles. The van der Waals surface area contributed by atoms with Crippen LogP contribution in [0, 0.1) is 6.92 Å². The van der Waals surface area contributed by atoms with Gasteiger partial charge in [0, 0.05) is 22.0 Å². The first kappa shape index (κ1) is 18.3. The largest absolute Gasteiger partial charge is 0.322 e. The first-order valence-electron chi connectivity index (χ1n) is 9.39. The first-order chi connectivity index (χ1) is 14.6. The summed E-state index contributed by atoms with van der Waals surface area (Å²) in [4.78, 5) is 12.5. The molecule has 7 heteroatoms. The molecule has 0 unspecified atom stereocenters. The summed E-state index contributed by atoms with van der Waals surface area (Å²) in [6.07, 6.45) is 0. The predicted octanol–water partition coefficient (Wildman–Crippen LogP) is 5.16. The molecule has 0 bridgehead atoms. The fourth-order valence-electron chi connectivity index (χ4n) is 3.47. The summed E-state index contributed by atoms with van der Waals surface area (Å²) in [5, 5.41) is 18.7. The maximum absolute atomic E-state index is 12.5. The number of anilines is 1. The van der Waals surface area contributed by atoms with E-state index >= 15 is 0 Å². The van der Waals surface area contributed by atoms with E-state index < -0.39 is 0 Å². The molecule has 0 atom stereocenters. The lowest BCUT2D eigenvalue weighted by molar-refractivity contribution is 0.102. The molecule has 6 nitrogen and oxygen atoms in total. The van der Waals surface area contributed by atoms with Gasteiger partial charge in [0.05, 0.1) is 16.3 Å². The van der Waals surface area contributed by atoms with Gasteiger partial charge in [-0.1, -0.05) is 48.0 Å². The standard InChI is InChI=1S/C23H16ClN5O/c1-14-17-6-2-3-7-18(17)22-27-26-21(29(22)28-14)15-10-12-16(13-11-15)25-23(30)19-8-4-5-9-20(19)24/h2-13H,1H3,(H,25,30). The van der Waals surface area contributed by atoms with Crippen LogP contribution in [-0.4, -0.2) is 25.7 Å². The predicted molar refractivity (Wildman–Crippen MR) is 118 cm³/mol. The van der Waals surface area contributed by atoms with Crippen LogP contribution in [-0.2, 0) is 0 Å². The van der Waals surface area contributed by atoms with Crippen molar-refractivity contribution in [3.8, 4) is 11.4 Å². The molecular formula is C23H16ClN5O. The van der Waals surface area contributed by atoms with Crippen LogP contribution in [0.5, 0.6) is 0 Å². The minimum absolute atomic E-state index is 0.259. The Bertz CT molecular complexity index is 1410. The third-order valence-electron chi connectivity index (χ3n) is 4.97. The molecule has 146 valence electrons. The third kappa shape index (κ3) is 3.07. The monoisotopic (exact) mass is 413 g/mol. The van der Waals surface area contributed by atoms with Crippen LogP contribution >= 0.6 is 11.6 Å². The smallest absolute Gasteiger partial charge is 0.257 e. The number of carbonyl (C=O) groups excluding carboxylic acids is 1. The Balaban J connectivity index is 1.48. The van der Waals surface area contributed by atoms with Gasteiger partial charge in [0.2, 0.25) is 0 Å². The van der Waals surface area contributed by atoms with Gasteiger partial charge < -0.3 is 5.32 Å². The summed E-state index contributed by atoms with van der Waals surface area (Å²) in [5.41, 5.74) is 3.55. The summed E-state index contributed by atoms with van der Waals surface area (Å²) < 4.78 is 1.76. The number of rotatable bonds is 3. The van der Waals surface area contributed by atoms with E-state index in [4.69, 9.17) is 11.6 Å². The van der Waals surface area contributed by atoms with Gasteiger partial charge in [-0.2, -0.15) is 9.61 Å². The summed E-state index contributed by atoms with van der Waals surface area (Å²) in [6.45, 7) is 1.97. The lowest BCUT2D eigenvalue weighted by Crippen LogP contribution is -2.12. The Labute approximate surface area is 177 Å². The lowest BCUT2D eigenvalue weighted by Gasteiger charge is -2.08. The molecule has 0 radical (unpaired) electrons. The molecule has 0 aliphatic rings. The number of hydrogen-bond donors (Lipinski definition) is 1. The molecule has 30 heavy (non-hydrogen) atoms. The molecule has 0 fully saturated rings. The van der Waals surface area contributed by atoms with Crippen molar-refractivity contribution >= 4 is 39.6 Å². The van der Waals surface area contributed by atoms with Crippen LogP contribution in [0.1, 0.15) is 16.1 Å². The van der Waals surface area contributed by atoms with Crippen LogP contribution < -0.4 is 5.32 Å². The van der Waals surface area contributed by atoms with Crippen molar-refractivity contribution in [2.45, 2.75) is 6.92 Å². The number of fused-ring (bicyclic) bond motifs is 3. The molecule has 1 amide bonds. The molecule has 3 aromatic carbocycles. The highest BCUT2D eigenvalue weighted by Crippen LogP contribution is 2.26. The topological polar surface area (TPSA) is 72.2 Å². The minimum Gasteiger partial charge on any atom is -0.322 e. The number of aryl methyl sites for hydroxylation is 1. The molecule has 0 saturated heterocycles. The first-order valence-corrected chi connectivity index (χ1v) is 9.77. The highest BCUT2D eigenvalue weighted by molar-refractivity contribution is 6.34. The van der Waals surface area contributed by atoms with Crippen molar-refractivity contribution in [1.29, 1.82) is 0 Å². The van der Waals surface area contributed by atoms with Gasteiger partial charge in [-0.3, -0.25) is 4.79 Å². The SMILES string of the molecule is Cc1nn2c(-c3ccc(NC(=O)c4ccccc4Cl)cc3)nnc2c2ccccc12. The van der Waals surface area contributed by atoms with E-state index in [1.165, 1.54) is 0 Å². The number of amides is 1. The fourth-order valence-corrected chi connectivity index (χ4v) is 3.69. The van der Waals surface area contributed by atoms with E-state index in [0.717, 1.165) is 22.0 Å². The Kier molecular flexibility index (Phi) is 4.41. The molecule has 0 aliphatic carbocycles. The maximum atomic E-state index is 12.5.